The molecule has 18 heavy (non-hydrogen) atoms. The van der Waals surface area contributed by atoms with Crippen LogP contribution in [0, 0.1) is 0 Å². The van der Waals surface area contributed by atoms with E-state index >= 15 is 0 Å². The maximum absolute atomic E-state index is 11.8. The molecule has 0 radical (unpaired) electrons. The second kappa shape index (κ2) is 6.66. The molecule has 100 valence electrons. The lowest BCUT2D eigenvalue weighted by Gasteiger charge is -2.10. The zero-order valence-corrected chi connectivity index (χ0v) is 11.3. The molecule has 1 atom stereocenters. The number of hydrogen-bond donors (Lipinski definition) is 1. The maximum Gasteiger partial charge on any atom is 0.155 e. The highest BCUT2D eigenvalue weighted by atomic mass is 32.2. The van der Waals surface area contributed by atoms with Crippen molar-refractivity contribution in [3.63, 3.8) is 0 Å². The summed E-state index contributed by atoms with van der Waals surface area (Å²) in [5.41, 5.74) is 6.52. The van der Waals surface area contributed by atoms with Crippen LogP contribution in [0.1, 0.15) is 31.4 Å². The Morgan fingerprint density at radius 2 is 1.83 bits per heavy atom. The summed E-state index contributed by atoms with van der Waals surface area (Å²) in [5, 5.41) is 0. The average molecular weight is 269 g/mol. The quantitative estimate of drug-likeness (QED) is 0.813. The molecule has 0 aliphatic carbocycles. The lowest BCUT2D eigenvalue weighted by Crippen LogP contribution is -2.24. The monoisotopic (exact) mass is 269 g/mol. The Bertz CT molecular complexity index is 482. The summed E-state index contributed by atoms with van der Waals surface area (Å²) in [7, 11) is -3.12. The van der Waals surface area contributed by atoms with Gasteiger partial charge in [-0.2, -0.15) is 0 Å². The van der Waals surface area contributed by atoms with E-state index in [2.05, 4.69) is 0 Å². The van der Waals surface area contributed by atoms with Gasteiger partial charge in [-0.1, -0.05) is 37.3 Å². The number of benzene rings is 1. The number of sulfone groups is 1. The van der Waals surface area contributed by atoms with Crippen LogP contribution in [0.2, 0.25) is 0 Å². The van der Waals surface area contributed by atoms with Crippen molar-refractivity contribution in [2.24, 2.45) is 5.73 Å². The van der Waals surface area contributed by atoms with E-state index in [4.69, 9.17) is 5.73 Å². The van der Waals surface area contributed by atoms with Crippen molar-refractivity contribution >= 4 is 15.6 Å². The summed E-state index contributed by atoms with van der Waals surface area (Å²) >= 11 is 0. The molecule has 0 aliphatic rings. The van der Waals surface area contributed by atoms with Crippen LogP contribution >= 0.6 is 0 Å². The fraction of sp³-hybridized carbons (Fsp3) is 0.462. The first kappa shape index (κ1) is 14.9. The Balaban J connectivity index is 2.57. The third-order valence-electron chi connectivity index (χ3n) is 2.68. The smallest absolute Gasteiger partial charge is 0.155 e. The van der Waals surface area contributed by atoms with E-state index in [9.17, 15) is 13.2 Å². The zero-order chi connectivity index (χ0) is 13.6. The van der Waals surface area contributed by atoms with Crippen LogP contribution in [0.15, 0.2) is 30.3 Å². The van der Waals surface area contributed by atoms with Crippen LogP contribution in [0.3, 0.4) is 0 Å². The van der Waals surface area contributed by atoms with E-state index in [1.54, 1.807) is 31.2 Å². The topological polar surface area (TPSA) is 77.2 Å². The third-order valence-corrected chi connectivity index (χ3v) is 4.54. The molecule has 1 aromatic rings. The first-order valence-electron chi connectivity index (χ1n) is 6.00. The lowest BCUT2D eigenvalue weighted by molar-refractivity contribution is -0.120. The van der Waals surface area contributed by atoms with Crippen LogP contribution in [-0.2, 0) is 14.6 Å². The van der Waals surface area contributed by atoms with Gasteiger partial charge in [-0.3, -0.25) is 4.79 Å². The van der Waals surface area contributed by atoms with E-state index in [1.807, 2.05) is 6.07 Å². The number of carbonyl (C=O) groups excluding carboxylic acids is 1. The molecule has 0 heterocycles. The predicted molar refractivity (Wildman–Crippen MR) is 71.9 cm³/mol. The summed E-state index contributed by atoms with van der Waals surface area (Å²) < 4.78 is 23.0. The third kappa shape index (κ3) is 4.58. The predicted octanol–water partition coefficient (Wildman–Crippen LogP) is 1.47. The van der Waals surface area contributed by atoms with Crippen molar-refractivity contribution in [2.45, 2.75) is 25.8 Å². The molecule has 0 unspecified atom stereocenters. The van der Waals surface area contributed by atoms with E-state index in [0.717, 1.165) is 5.56 Å². The Labute approximate surface area is 108 Å². The Hall–Kier alpha value is -1.20. The fourth-order valence-corrected chi connectivity index (χ4v) is 3.01. The van der Waals surface area contributed by atoms with Gasteiger partial charge in [0.05, 0.1) is 11.8 Å². The molecule has 0 fully saturated rings. The summed E-state index contributed by atoms with van der Waals surface area (Å²) in [6.45, 7) is 1.80. The molecule has 0 saturated carbocycles. The second-order valence-corrected chi connectivity index (χ2v) is 6.56. The molecule has 1 aromatic carbocycles. The van der Waals surface area contributed by atoms with Crippen LogP contribution in [0.5, 0.6) is 0 Å². The normalized spacial score (nSPS) is 13.2. The molecule has 5 heteroatoms. The largest absolute Gasteiger partial charge is 0.318 e. The molecule has 0 aliphatic heterocycles. The highest BCUT2D eigenvalue weighted by molar-refractivity contribution is 7.91. The van der Waals surface area contributed by atoms with Crippen LogP contribution < -0.4 is 5.73 Å². The second-order valence-electron chi connectivity index (χ2n) is 4.26. The number of nitrogens with two attached hydrogens (primary N) is 1. The van der Waals surface area contributed by atoms with Crippen LogP contribution in [0.25, 0.3) is 0 Å². The van der Waals surface area contributed by atoms with Crippen LogP contribution in [-0.4, -0.2) is 25.7 Å². The molecule has 0 amide bonds. The molecule has 1 rings (SSSR count). The van der Waals surface area contributed by atoms with Gasteiger partial charge >= 0.3 is 0 Å². The number of rotatable bonds is 7. The Morgan fingerprint density at radius 3 is 2.39 bits per heavy atom. The standard InChI is InChI=1S/C13H19NO3S/c1-2-9-18(16,17)10-8-12(15)13(14)11-6-4-3-5-7-11/h3-7,13H,2,8-10,14H2,1H3/t13-/m1/s1. The van der Waals surface area contributed by atoms with Gasteiger partial charge in [0.25, 0.3) is 0 Å². The highest BCUT2D eigenvalue weighted by Crippen LogP contribution is 2.12. The molecule has 0 bridgehead atoms. The van der Waals surface area contributed by atoms with Gasteiger partial charge < -0.3 is 5.73 Å². The van der Waals surface area contributed by atoms with E-state index in [1.165, 1.54) is 0 Å². The molecule has 0 aromatic heterocycles. The van der Waals surface area contributed by atoms with Crippen molar-refractivity contribution in [3.05, 3.63) is 35.9 Å². The van der Waals surface area contributed by atoms with Gasteiger partial charge in [0.2, 0.25) is 0 Å². The van der Waals surface area contributed by atoms with Gasteiger partial charge in [0, 0.05) is 12.2 Å². The van der Waals surface area contributed by atoms with Gasteiger partial charge in [-0.15, -0.1) is 0 Å². The molecule has 4 nitrogen and oxygen atoms in total. The number of carbonyl (C=O) groups is 1. The maximum atomic E-state index is 11.8. The molecule has 2 N–H and O–H groups in total. The van der Waals surface area contributed by atoms with Crippen molar-refractivity contribution in [2.75, 3.05) is 11.5 Å². The molecular weight excluding hydrogens is 250 g/mol. The zero-order valence-electron chi connectivity index (χ0n) is 10.5. The number of Topliss-reactive ketones (excluding diaryl/α,β-unsaturated/α-hetero) is 1. The highest BCUT2D eigenvalue weighted by Gasteiger charge is 2.18. The summed E-state index contributed by atoms with van der Waals surface area (Å²) in [4.78, 5) is 11.8. The van der Waals surface area contributed by atoms with E-state index in [0.29, 0.717) is 6.42 Å². The molecule has 0 saturated heterocycles. The first-order valence-corrected chi connectivity index (χ1v) is 7.82. The minimum atomic E-state index is -3.12. The van der Waals surface area contributed by atoms with Crippen molar-refractivity contribution < 1.29 is 13.2 Å². The van der Waals surface area contributed by atoms with Gasteiger partial charge in [0.1, 0.15) is 0 Å². The van der Waals surface area contributed by atoms with Gasteiger partial charge in [-0.05, 0) is 12.0 Å². The van der Waals surface area contributed by atoms with Crippen molar-refractivity contribution in [1.82, 2.24) is 0 Å². The molecule has 0 spiro atoms. The number of hydrogen-bond acceptors (Lipinski definition) is 4. The summed E-state index contributed by atoms with van der Waals surface area (Å²) in [6.07, 6.45) is 0.555. The Kier molecular flexibility index (Phi) is 5.50. The minimum Gasteiger partial charge on any atom is -0.318 e. The van der Waals surface area contributed by atoms with Crippen molar-refractivity contribution in [1.29, 1.82) is 0 Å². The van der Waals surface area contributed by atoms with E-state index in [-0.39, 0.29) is 23.7 Å². The van der Waals surface area contributed by atoms with Crippen molar-refractivity contribution in [3.8, 4) is 0 Å². The SMILES string of the molecule is CCCS(=O)(=O)CCC(=O)[C@H](N)c1ccccc1. The Morgan fingerprint density at radius 1 is 1.22 bits per heavy atom. The summed E-state index contributed by atoms with van der Waals surface area (Å²) in [5.74, 6) is -0.220. The molecular formula is C13H19NO3S. The number of ketones is 1. The van der Waals surface area contributed by atoms with E-state index < -0.39 is 15.9 Å². The fourth-order valence-electron chi connectivity index (χ4n) is 1.67. The van der Waals surface area contributed by atoms with Crippen LogP contribution in [0.4, 0.5) is 0 Å². The summed E-state index contributed by atoms with van der Waals surface area (Å²) in [6, 6.07) is 8.24. The van der Waals surface area contributed by atoms with Gasteiger partial charge in [-0.25, -0.2) is 8.42 Å². The van der Waals surface area contributed by atoms with Gasteiger partial charge in [0.15, 0.2) is 15.6 Å². The average Bonchev–Trinajstić information content (AvgIpc) is 2.36. The minimum absolute atomic E-state index is 0.0155. The first-order chi connectivity index (χ1) is 8.46. The lowest BCUT2D eigenvalue weighted by atomic mass is 10.0.